The van der Waals surface area contributed by atoms with E-state index < -0.39 is 11.7 Å². The summed E-state index contributed by atoms with van der Waals surface area (Å²) < 4.78 is 5.52. The zero-order valence-electron chi connectivity index (χ0n) is 23.5. The number of ether oxygens (including phenoxy) is 1. The Morgan fingerprint density at radius 1 is 1.06 bits per heavy atom. The van der Waals surface area contributed by atoms with Gasteiger partial charge < -0.3 is 9.64 Å². The first-order valence-electron chi connectivity index (χ1n) is 12.9. The third-order valence-corrected chi connectivity index (χ3v) is 7.26. The standard InChI is InChI=1S/C29H45N3O3/c1-19(33)32-28(7,8)17-21(18-29(32,9)10)22-11-12-23(31-25(34)35-26(2,3)4)24(30-22)20-13-15-27(5,6)16-14-20/h11-13,21H,14-18H2,1-10H3,(H,31,34). The maximum atomic E-state index is 12.6. The van der Waals surface area contributed by atoms with Gasteiger partial charge in [-0.3, -0.25) is 15.1 Å². The van der Waals surface area contributed by atoms with Gasteiger partial charge in [-0.05, 0) is 104 Å². The SMILES string of the molecule is CC(=O)N1C(C)(C)CC(c2ccc(NC(=O)OC(C)(C)C)c(C3=CCC(C)(C)CC3)n2)CC1(C)C. The number of rotatable bonds is 3. The third kappa shape index (κ3) is 6.45. The summed E-state index contributed by atoms with van der Waals surface area (Å²) in [6.07, 6.45) is 6.47. The molecule has 6 heteroatoms. The van der Waals surface area contributed by atoms with E-state index in [9.17, 15) is 9.59 Å². The van der Waals surface area contributed by atoms with Gasteiger partial charge in [0.15, 0.2) is 0 Å². The molecule has 2 aliphatic rings. The van der Waals surface area contributed by atoms with Gasteiger partial charge in [0.1, 0.15) is 5.60 Å². The van der Waals surface area contributed by atoms with Crippen molar-refractivity contribution in [2.24, 2.45) is 5.41 Å². The summed E-state index contributed by atoms with van der Waals surface area (Å²) in [4.78, 5) is 32.3. The lowest BCUT2D eigenvalue weighted by Crippen LogP contribution is -2.61. The lowest BCUT2D eigenvalue weighted by atomic mass is 9.72. The fourth-order valence-electron chi connectivity index (χ4n) is 6.09. The Labute approximate surface area is 211 Å². The second-order valence-electron chi connectivity index (χ2n) is 13.4. The van der Waals surface area contributed by atoms with Crippen molar-refractivity contribution in [3.05, 3.63) is 29.6 Å². The topological polar surface area (TPSA) is 71.5 Å². The van der Waals surface area contributed by atoms with Gasteiger partial charge >= 0.3 is 6.09 Å². The van der Waals surface area contributed by atoms with Gasteiger partial charge in [0, 0.05) is 29.6 Å². The average Bonchev–Trinajstić information content (AvgIpc) is 2.64. The Bertz CT molecular complexity index is 996. The first-order chi connectivity index (χ1) is 15.9. The Morgan fingerprint density at radius 2 is 1.66 bits per heavy atom. The number of carbonyl (C=O) groups is 2. The maximum absolute atomic E-state index is 12.6. The van der Waals surface area contributed by atoms with E-state index in [1.165, 1.54) is 5.57 Å². The van der Waals surface area contributed by atoms with Gasteiger partial charge in [-0.25, -0.2) is 4.79 Å². The van der Waals surface area contributed by atoms with E-state index in [1.807, 2.05) is 37.8 Å². The van der Waals surface area contributed by atoms with Gasteiger partial charge in [0.05, 0.1) is 11.4 Å². The number of anilines is 1. The molecule has 1 aromatic rings. The summed E-state index contributed by atoms with van der Waals surface area (Å²) in [7, 11) is 0. The normalized spacial score (nSPS) is 21.8. The van der Waals surface area contributed by atoms with Crippen LogP contribution in [-0.4, -0.2) is 38.6 Å². The minimum Gasteiger partial charge on any atom is -0.444 e. The predicted molar refractivity (Wildman–Crippen MR) is 142 cm³/mol. The molecule has 0 bridgehead atoms. The molecule has 1 fully saturated rings. The maximum Gasteiger partial charge on any atom is 0.412 e. The fourth-order valence-corrected chi connectivity index (χ4v) is 6.09. The minimum absolute atomic E-state index is 0.110. The minimum atomic E-state index is -0.576. The molecule has 1 aliphatic carbocycles. The summed E-state index contributed by atoms with van der Waals surface area (Å²) in [6, 6.07) is 4.00. The number of nitrogens with zero attached hydrogens (tertiary/aromatic N) is 2. The van der Waals surface area contributed by atoms with Crippen LogP contribution in [0.25, 0.3) is 5.57 Å². The lowest BCUT2D eigenvalue weighted by molar-refractivity contribution is -0.147. The van der Waals surface area contributed by atoms with Crippen LogP contribution in [0.5, 0.6) is 0 Å². The molecule has 1 aromatic heterocycles. The Balaban J connectivity index is 1.99. The summed E-state index contributed by atoms with van der Waals surface area (Å²) >= 11 is 0. The number of pyridine rings is 1. The number of aromatic nitrogens is 1. The van der Waals surface area contributed by atoms with Crippen molar-refractivity contribution in [1.82, 2.24) is 9.88 Å². The third-order valence-electron chi connectivity index (χ3n) is 7.26. The Hall–Kier alpha value is -2.37. The first-order valence-corrected chi connectivity index (χ1v) is 12.9. The fraction of sp³-hybridized carbons (Fsp3) is 0.690. The van der Waals surface area contributed by atoms with E-state index in [0.717, 1.165) is 43.5 Å². The number of amides is 2. The van der Waals surface area contributed by atoms with Crippen LogP contribution in [-0.2, 0) is 9.53 Å². The average molecular weight is 484 g/mol. The molecule has 2 heterocycles. The van der Waals surface area contributed by atoms with Crippen LogP contribution >= 0.6 is 0 Å². The molecular formula is C29H45N3O3. The van der Waals surface area contributed by atoms with E-state index in [4.69, 9.17) is 9.72 Å². The molecule has 1 aliphatic heterocycles. The highest BCUT2D eigenvalue weighted by molar-refractivity contribution is 5.89. The first kappa shape index (κ1) is 27.2. The number of hydrogen-bond donors (Lipinski definition) is 1. The zero-order valence-corrected chi connectivity index (χ0v) is 23.5. The van der Waals surface area contributed by atoms with E-state index in [0.29, 0.717) is 5.69 Å². The lowest BCUT2D eigenvalue weighted by Gasteiger charge is -2.55. The molecular weight excluding hydrogens is 438 g/mol. The van der Waals surface area contributed by atoms with Crippen LogP contribution in [0.15, 0.2) is 18.2 Å². The largest absolute Gasteiger partial charge is 0.444 e. The molecule has 1 saturated heterocycles. The number of piperidine rings is 1. The molecule has 0 radical (unpaired) electrons. The highest BCUT2D eigenvalue weighted by Crippen LogP contribution is 2.46. The van der Waals surface area contributed by atoms with Gasteiger partial charge in [0.2, 0.25) is 5.91 Å². The number of hydrogen-bond acceptors (Lipinski definition) is 4. The van der Waals surface area contributed by atoms with Gasteiger partial charge in [-0.15, -0.1) is 0 Å². The van der Waals surface area contributed by atoms with Crippen molar-refractivity contribution in [3.8, 4) is 0 Å². The Morgan fingerprint density at radius 3 is 2.14 bits per heavy atom. The molecule has 2 amide bonds. The highest BCUT2D eigenvalue weighted by Gasteiger charge is 2.47. The second-order valence-corrected chi connectivity index (χ2v) is 13.4. The van der Waals surface area contributed by atoms with E-state index >= 15 is 0 Å². The van der Waals surface area contributed by atoms with Crippen molar-refractivity contribution in [2.45, 2.75) is 124 Å². The summed E-state index contributed by atoms with van der Waals surface area (Å²) in [5.41, 5.74) is 2.87. The molecule has 0 spiro atoms. The molecule has 0 aromatic carbocycles. The van der Waals surface area contributed by atoms with E-state index in [-0.39, 0.29) is 28.3 Å². The highest BCUT2D eigenvalue weighted by atomic mass is 16.6. The molecule has 3 rings (SSSR count). The second kappa shape index (κ2) is 9.25. The van der Waals surface area contributed by atoms with Crippen molar-refractivity contribution < 1.29 is 14.3 Å². The van der Waals surface area contributed by atoms with Crippen molar-refractivity contribution >= 4 is 23.3 Å². The molecule has 1 N–H and O–H groups in total. The van der Waals surface area contributed by atoms with Crippen LogP contribution in [0.4, 0.5) is 10.5 Å². The van der Waals surface area contributed by atoms with E-state index in [1.54, 1.807) is 6.92 Å². The number of allylic oxidation sites excluding steroid dienone is 2. The van der Waals surface area contributed by atoms with E-state index in [2.05, 4.69) is 52.9 Å². The van der Waals surface area contributed by atoms with Crippen LogP contribution < -0.4 is 5.32 Å². The molecule has 194 valence electrons. The van der Waals surface area contributed by atoms with Crippen molar-refractivity contribution in [1.29, 1.82) is 0 Å². The van der Waals surface area contributed by atoms with Crippen molar-refractivity contribution in [2.75, 3.05) is 5.32 Å². The van der Waals surface area contributed by atoms with Gasteiger partial charge in [0.25, 0.3) is 0 Å². The predicted octanol–water partition coefficient (Wildman–Crippen LogP) is 7.31. The quantitative estimate of drug-likeness (QED) is 0.489. The van der Waals surface area contributed by atoms with Crippen LogP contribution in [0.2, 0.25) is 0 Å². The summed E-state index contributed by atoms with van der Waals surface area (Å²) in [6.45, 7) is 20.4. The zero-order chi connectivity index (χ0) is 26.4. The monoisotopic (exact) mass is 483 g/mol. The van der Waals surface area contributed by atoms with Crippen LogP contribution in [0.1, 0.15) is 119 Å². The van der Waals surface area contributed by atoms with Crippen LogP contribution in [0, 0.1) is 5.41 Å². The van der Waals surface area contributed by atoms with Crippen LogP contribution in [0.3, 0.4) is 0 Å². The summed E-state index contributed by atoms with van der Waals surface area (Å²) in [5.74, 6) is 0.324. The smallest absolute Gasteiger partial charge is 0.412 e. The number of carbonyl (C=O) groups excluding carboxylic acids is 2. The number of nitrogens with one attached hydrogen (secondary N) is 1. The van der Waals surface area contributed by atoms with Gasteiger partial charge in [-0.1, -0.05) is 19.9 Å². The molecule has 0 unspecified atom stereocenters. The molecule has 35 heavy (non-hydrogen) atoms. The van der Waals surface area contributed by atoms with Crippen molar-refractivity contribution in [3.63, 3.8) is 0 Å². The number of likely N-dealkylation sites (tertiary alicyclic amines) is 1. The molecule has 6 nitrogen and oxygen atoms in total. The Kier molecular flexibility index (Phi) is 7.20. The molecule has 0 atom stereocenters. The summed E-state index contributed by atoms with van der Waals surface area (Å²) in [5, 5.41) is 2.95. The van der Waals surface area contributed by atoms with Gasteiger partial charge in [-0.2, -0.15) is 0 Å². The molecule has 0 saturated carbocycles.